The maximum Gasteiger partial charge on any atom is 0.133 e. The van der Waals surface area contributed by atoms with Gasteiger partial charge in [-0.2, -0.15) is 0 Å². The largest absolute Gasteiger partial charge is 0.370 e. The lowest BCUT2D eigenvalue weighted by Gasteiger charge is -2.18. The van der Waals surface area contributed by atoms with E-state index in [4.69, 9.17) is 0 Å². The van der Waals surface area contributed by atoms with Gasteiger partial charge in [0.15, 0.2) is 0 Å². The Labute approximate surface area is 116 Å². The van der Waals surface area contributed by atoms with E-state index in [1.807, 2.05) is 20.2 Å². The number of aromatic nitrogens is 2. The number of hydrogen-bond acceptors (Lipinski definition) is 5. The second kappa shape index (κ2) is 8.69. The zero-order valence-electron chi connectivity index (χ0n) is 12.6. The fourth-order valence-corrected chi connectivity index (χ4v) is 1.77. The number of anilines is 2. The molecule has 0 amide bonds. The fraction of sp³-hybridized carbons (Fsp3) is 0.714. The van der Waals surface area contributed by atoms with Crippen LogP contribution in [0.4, 0.5) is 11.6 Å². The molecule has 0 bridgehead atoms. The number of likely N-dealkylation sites (N-methyl/N-ethyl adjacent to an activating group) is 2. The molecule has 0 unspecified atom stereocenters. The number of nitrogens with one attached hydrogen (secondary N) is 2. The molecule has 2 N–H and O–H groups in total. The van der Waals surface area contributed by atoms with Crippen LogP contribution in [0.2, 0.25) is 0 Å². The summed E-state index contributed by atoms with van der Waals surface area (Å²) in [7, 11) is 4.00. The number of rotatable bonds is 9. The van der Waals surface area contributed by atoms with E-state index in [9.17, 15) is 0 Å². The first kappa shape index (κ1) is 15.7. The molecule has 0 aliphatic rings. The molecule has 1 aromatic rings. The highest BCUT2D eigenvalue weighted by atomic mass is 15.2. The van der Waals surface area contributed by atoms with Crippen molar-refractivity contribution in [3.05, 3.63) is 12.4 Å². The highest BCUT2D eigenvalue weighted by molar-refractivity contribution is 5.47. The molecule has 0 atom stereocenters. The lowest BCUT2D eigenvalue weighted by Crippen LogP contribution is -2.27. The molecule has 1 aromatic heterocycles. The molecule has 1 rings (SSSR count). The first-order valence-electron chi connectivity index (χ1n) is 7.05. The average Bonchev–Trinajstić information content (AvgIpc) is 2.41. The van der Waals surface area contributed by atoms with Crippen molar-refractivity contribution in [2.45, 2.75) is 26.7 Å². The Morgan fingerprint density at radius 2 is 2.05 bits per heavy atom. The Kier molecular flexibility index (Phi) is 7.18. The zero-order chi connectivity index (χ0) is 14.1. The van der Waals surface area contributed by atoms with E-state index < -0.39 is 0 Å². The first-order chi connectivity index (χ1) is 9.13. The summed E-state index contributed by atoms with van der Waals surface area (Å²) in [4.78, 5) is 10.7. The van der Waals surface area contributed by atoms with Crippen molar-refractivity contribution in [3.8, 4) is 0 Å². The smallest absolute Gasteiger partial charge is 0.133 e. The summed E-state index contributed by atoms with van der Waals surface area (Å²) < 4.78 is 0. The van der Waals surface area contributed by atoms with Crippen LogP contribution in [0.1, 0.15) is 26.7 Å². The maximum atomic E-state index is 4.30. The highest BCUT2D eigenvalue weighted by Gasteiger charge is 2.03. The summed E-state index contributed by atoms with van der Waals surface area (Å²) >= 11 is 0. The van der Waals surface area contributed by atoms with Crippen molar-refractivity contribution >= 4 is 11.6 Å². The SMILES string of the molecule is CNCCN(C)c1cc(NCCCC(C)C)ncn1. The Morgan fingerprint density at radius 1 is 1.26 bits per heavy atom. The minimum atomic E-state index is 0.760. The molecule has 1 heterocycles. The average molecular weight is 265 g/mol. The van der Waals surface area contributed by atoms with E-state index in [0.717, 1.165) is 37.2 Å². The third-order valence-corrected chi connectivity index (χ3v) is 3.01. The van der Waals surface area contributed by atoms with Gasteiger partial charge in [0.05, 0.1) is 0 Å². The third kappa shape index (κ3) is 6.38. The van der Waals surface area contributed by atoms with Crippen LogP contribution in [-0.4, -0.2) is 43.7 Å². The van der Waals surface area contributed by atoms with Crippen LogP contribution in [0, 0.1) is 5.92 Å². The molecule has 0 fully saturated rings. The Bertz CT molecular complexity index is 353. The summed E-state index contributed by atoms with van der Waals surface area (Å²) in [6.45, 7) is 7.34. The lowest BCUT2D eigenvalue weighted by atomic mass is 10.1. The molecule has 0 saturated heterocycles. The summed E-state index contributed by atoms with van der Waals surface area (Å²) in [6.07, 6.45) is 4.04. The predicted molar refractivity (Wildman–Crippen MR) is 81.8 cm³/mol. The highest BCUT2D eigenvalue weighted by Crippen LogP contribution is 2.12. The predicted octanol–water partition coefficient (Wildman–Crippen LogP) is 1.98. The summed E-state index contributed by atoms with van der Waals surface area (Å²) in [6, 6.07) is 2.00. The van der Waals surface area contributed by atoms with E-state index in [2.05, 4.69) is 39.3 Å². The van der Waals surface area contributed by atoms with Gasteiger partial charge in [-0.25, -0.2) is 9.97 Å². The topological polar surface area (TPSA) is 53.1 Å². The van der Waals surface area contributed by atoms with Crippen molar-refractivity contribution in [1.82, 2.24) is 15.3 Å². The standard InChI is InChI=1S/C14H27N5/c1-12(2)6-5-7-16-13-10-14(18-11-17-13)19(4)9-8-15-3/h10-12,15H,5-9H2,1-4H3,(H,16,17,18). The minimum Gasteiger partial charge on any atom is -0.370 e. The zero-order valence-corrected chi connectivity index (χ0v) is 12.6. The van der Waals surface area contributed by atoms with Crippen molar-refractivity contribution in [1.29, 1.82) is 0 Å². The molecule has 0 spiro atoms. The van der Waals surface area contributed by atoms with Gasteiger partial charge in [-0.05, 0) is 25.8 Å². The van der Waals surface area contributed by atoms with E-state index in [0.29, 0.717) is 0 Å². The molecule has 0 aromatic carbocycles. The fourth-order valence-electron chi connectivity index (χ4n) is 1.77. The minimum absolute atomic E-state index is 0.760. The quantitative estimate of drug-likeness (QED) is 0.669. The van der Waals surface area contributed by atoms with Crippen LogP contribution >= 0.6 is 0 Å². The van der Waals surface area contributed by atoms with Gasteiger partial charge in [-0.3, -0.25) is 0 Å². The van der Waals surface area contributed by atoms with Crippen LogP contribution in [0.25, 0.3) is 0 Å². The second-order valence-corrected chi connectivity index (χ2v) is 5.25. The Hall–Kier alpha value is -1.36. The van der Waals surface area contributed by atoms with Gasteiger partial charge >= 0.3 is 0 Å². The summed E-state index contributed by atoms with van der Waals surface area (Å²) in [5.41, 5.74) is 0. The lowest BCUT2D eigenvalue weighted by molar-refractivity contribution is 0.566. The number of hydrogen-bond donors (Lipinski definition) is 2. The van der Waals surface area contributed by atoms with Gasteiger partial charge in [0, 0.05) is 32.7 Å². The van der Waals surface area contributed by atoms with Crippen molar-refractivity contribution in [2.24, 2.45) is 5.92 Å². The van der Waals surface area contributed by atoms with Gasteiger partial charge in [-0.1, -0.05) is 13.8 Å². The molecule has 5 nitrogen and oxygen atoms in total. The van der Waals surface area contributed by atoms with Crippen molar-refractivity contribution in [3.63, 3.8) is 0 Å². The van der Waals surface area contributed by atoms with Gasteiger partial charge in [0.25, 0.3) is 0 Å². The first-order valence-corrected chi connectivity index (χ1v) is 7.05. The van der Waals surface area contributed by atoms with E-state index in [-0.39, 0.29) is 0 Å². The molecule has 0 saturated carbocycles. The van der Waals surface area contributed by atoms with Crippen LogP contribution in [0.3, 0.4) is 0 Å². The van der Waals surface area contributed by atoms with E-state index in [1.165, 1.54) is 12.8 Å². The molecular weight excluding hydrogens is 238 g/mol. The molecule has 0 aliphatic carbocycles. The molecule has 5 heteroatoms. The van der Waals surface area contributed by atoms with Gasteiger partial charge < -0.3 is 15.5 Å². The molecule has 19 heavy (non-hydrogen) atoms. The number of nitrogens with zero attached hydrogens (tertiary/aromatic N) is 3. The van der Waals surface area contributed by atoms with Crippen molar-refractivity contribution < 1.29 is 0 Å². The Balaban J connectivity index is 2.43. The third-order valence-electron chi connectivity index (χ3n) is 3.01. The van der Waals surface area contributed by atoms with E-state index >= 15 is 0 Å². The van der Waals surface area contributed by atoms with Gasteiger partial charge in [0.2, 0.25) is 0 Å². The van der Waals surface area contributed by atoms with Crippen LogP contribution in [-0.2, 0) is 0 Å². The van der Waals surface area contributed by atoms with Crippen LogP contribution < -0.4 is 15.5 Å². The summed E-state index contributed by atoms with van der Waals surface area (Å²) in [5, 5.41) is 6.49. The molecule has 108 valence electrons. The molecule has 0 radical (unpaired) electrons. The summed E-state index contributed by atoms with van der Waals surface area (Å²) in [5.74, 6) is 2.62. The molecular formula is C14H27N5. The monoisotopic (exact) mass is 265 g/mol. The maximum absolute atomic E-state index is 4.30. The van der Waals surface area contributed by atoms with E-state index in [1.54, 1.807) is 6.33 Å². The normalized spacial score (nSPS) is 10.8. The second-order valence-electron chi connectivity index (χ2n) is 5.25. The van der Waals surface area contributed by atoms with Gasteiger partial charge in [-0.15, -0.1) is 0 Å². The van der Waals surface area contributed by atoms with Gasteiger partial charge in [0.1, 0.15) is 18.0 Å². The van der Waals surface area contributed by atoms with Crippen LogP contribution in [0.5, 0.6) is 0 Å². The Morgan fingerprint density at radius 3 is 2.74 bits per heavy atom. The van der Waals surface area contributed by atoms with Crippen LogP contribution in [0.15, 0.2) is 12.4 Å². The molecule has 0 aliphatic heterocycles. The van der Waals surface area contributed by atoms with Crippen molar-refractivity contribution in [2.75, 3.05) is 43.9 Å².